The molecule has 1 fully saturated rings. The topological polar surface area (TPSA) is 74.8 Å². The Morgan fingerprint density at radius 3 is 2.89 bits per heavy atom. The van der Waals surface area contributed by atoms with E-state index in [0.29, 0.717) is 12.5 Å². The molecule has 0 radical (unpaired) electrons. The van der Waals surface area contributed by atoms with E-state index in [-0.39, 0.29) is 6.04 Å². The minimum Gasteiger partial charge on any atom is -0.327 e. The average Bonchev–Trinajstić information content (AvgIpc) is 2.63. The first kappa shape index (κ1) is 6.39. The molecule has 0 amide bonds. The van der Waals surface area contributed by atoms with E-state index in [1.54, 1.807) is 0 Å². The van der Waals surface area contributed by atoms with Crippen LogP contribution >= 0.6 is 0 Å². The summed E-state index contributed by atoms with van der Waals surface area (Å²) in [6.45, 7) is 0.459. The normalized spacial score (nSPS) is 20.6. The zero-order valence-electron chi connectivity index (χ0n) is 5.20. The van der Waals surface area contributed by atoms with Gasteiger partial charge in [-0.1, -0.05) is 5.11 Å². The van der Waals surface area contributed by atoms with Crippen LogP contribution in [0.25, 0.3) is 10.4 Å². The molecule has 0 spiro atoms. The van der Waals surface area contributed by atoms with E-state index in [0.717, 1.165) is 0 Å². The first-order valence-corrected chi connectivity index (χ1v) is 3.11. The fourth-order valence-corrected chi connectivity index (χ4v) is 0.804. The van der Waals surface area contributed by atoms with Gasteiger partial charge in [-0.05, 0) is 24.3 Å². The van der Waals surface area contributed by atoms with Crippen LogP contribution in [0.4, 0.5) is 0 Å². The molecule has 50 valence electrons. The number of nitrogens with zero attached hydrogens (tertiary/aromatic N) is 3. The summed E-state index contributed by atoms with van der Waals surface area (Å²) in [4.78, 5) is 2.63. The number of rotatable bonds is 3. The molecule has 1 aliphatic rings. The van der Waals surface area contributed by atoms with Crippen molar-refractivity contribution in [3.05, 3.63) is 10.4 Å². The van der Waals surface area contributed by atoms with Gasteiger partial charge in [0.05, 0.1) is 0 Å². The summed E-state index contributed by atoms with van der Waals surface area (Å²) in [6, 6.07) is 0.112. The molecule has 4 nitrogen and oxygen atoms in total. The van der Waals surface area contributed by atoms with E-state index >= 15 is 0 Å². The van der Waals surface area contributed by atoms with Crippen LogP contribution in [-0.2, 0) is 0 Å². The minimum absolute atomic E-state index is 0.112. The van der Waals surface area contributed by atoms with Crippen molar-refractivity contribution in [2.24, 2.45) is 16.8 Å². The van der Waals surface area contributed by atoms with Crippen molar-refractivity contribution in [2.45, 2.75) is 18.9 Å². The van der Waals surface area contributed by atoms with Crippen molar-refractivity contribution in [3.63, 3.8) is 0 Å². The zero-order valence-corrected chi connectivity index (χ0v) is 5.20. The molecule has 1 saturated carbocycles. The number of azide groups is 1. The van der Waals surface area contributed by atoms with Crippen LogP contribution in [0.5, 0.6) is 0 Å². The second-order valence-electron chi connectivity index (χ2n) is 2.41. The van der Waals surface area contributed by atoms with Crippen LogP contribution in [0.1, 0.15) is 12.8 Å². The predicted molar refractivity (Wildman–Crippen MR) is 34.7 cm³/mol. The van der Waals surface area contributed by atoms with E-state index < -0.39 is 0 Å². The van der Waals surface area contributed by atoms with Crippen LogP contribution in [0.15, 0.2) is 5.11 Å². The van der Waals surface area contributed by atoms with Gasteiger partial charge in [-0.3, -0.25) is 0 Å². The summed E-state index contributed by atoms with van der Waals surface area (Å²) in [5.41, 5.74) is 13.5. The first-order chi connectivity index (χ1) is 4.34. The van der Waals surface area contributed by atoms with Crippen molar-refractivity contribution >= 4 is 0 Å². The number of hydrogen-bond acceptors (Lipinski definition) is 2. The van der Waals surface area contributed by atoms with Crippen LogP contribution < -0.4 is 5.73 Å². The molecule has 2 N–H and O–H groups in total. The van der Waals surface area contributed by atoms with Gasteiger partial charge in [0.15, 0.2) is 0 Å². The van der Waals surface area contributed by atoms with Crippen molar-refractivity contribution in [1.82, 2.24) is 0 Å². The van der Waals surface area contributed by atoms with Crippen LogP contribution in [0, 0.1) is 5.92 Å². The Balaban J connectivity index is 2.17. The van der Waals surface area contributed by atoms with Gasteiger partial charge in [0.2, 0.25) is 0 Å². The number of hydrogen-bond donors (Lipinski definition) is 1. The Bertz CT molecular complexity index is 134. The quantitative estimate of drug-likeness (QED) is 0.342. The molecule has 0 saturated heterocycles. The number of nitrogens with two attached hydrogens (primary N) is 1. The molecule has 9 heavy (non-hydrogen) atoms. The highest BCUT2D eigenvalue weighted by Gasteiger charge is 2.27. The maximum absolute atomic E-state index is 7.92. The van der Waals surface area contributed by atoms with E-state index in [4.69, 9.17) is 11.3 Å². The third-order valence-corrected chi connectivity index (χ3v) is 1.58. The fourth-order valence-electron chi connectivity index (χ4n) is 0.804. The maximum Gasteiger partial charge on any atom is 0.0412 e. The van der Waals surface area contributed by atoms with Gasteiger partial charge in [0, 0.05) is 17.5 Å². The highest BCUT2D eigenvalue weighted by Crippen LogP contribution is 2.31. The first-order valence-electron chi connectivity index (χ1n) is 3.11. The lowest BCUT2D eigenvalue weighted by Gasteiger charge is -2.02. The summed E-state index contributed by atoms with van der Waals surface area (Å²) in [7, 11) is 0. The van der Waals surface area contributed by atoms with Crippen molar-refractivity contribution < 1.29 is 0 Å². The predicted octanol–water partition coefficient (Wildman–Crippen LogP) is 1.03. The lowest BCUT2D eigenvalue weighted by molar-refractivity contribution is 0.603. The standard InChI is InChI=1S/C5H10N4/c6-5(3-8-9-7)4-1-2-4/h4-5H,1-3,6H2/t5-/m0/s1. The zero-order chi connectivity index (χ0) is 6.69. The molecule has 0 bridgehead atoms. The minimum atomic E-state index is 0.112. The van der Waals surface area contributed by atoms with Gasteiger partial charge in [0.25, 0.3) is 0 Å². The molecule has 0 heterocycles. The highest BCUT2D eigenvalue weighted by atomic mass is 15.1. The molecule has 0 aromatic carbocycles. The van der Waals surface area contributed by atoms with Gasteiger partial charge >= 0.3 is 0 Å². The molecule has 0 aliphatic heterocycles. The van der Waals surface area contributed by atoms with Crippen LogP contribution in [0.3, 0.4) is 0 Å². The van der Waals surface area contributed by atoms with Gasteiger partial charge in [-0.15, -0.1) is 0 Å². The Hall–Kier alpha value is -0.730. The summed E-state index contributed by atoms with van der Waals surface area (Å²) >= 11 is 0. The third-order valence-electron chi connectivity index (χ3n) is 1.58. The lowest BCUT2D eigenvalue weighted by Crippen LogP contribution is -2.25. The Morgan fingerprint density at radius 2 is 2.44 bits per heavy atom. The Kier molecular flexibility index (Phi) is 1.92. The summed E-state index contributed by atoms with van der Waals surface area (Å²) < 4.78 is 0. The molecule has 0 aromatic rings. The molecular weight excluding hydrogens is 116 g/mol. The second-order valence-corrected chi connectivity index (χ2v) is 2.41. The Morgan fingerprint density at radius 1 is 1.78 bits per heavy atom. The SMILES string of the molecule is [N-]=[N+]=NC[C@H](N)C1CC1. The van der Waals surface area contributed by atoms with E-state index in [9.17, 15) is 0 Å². The fraction of sp³-hybridized carbons (Fsp3) is 1.00. The lowest BCUT2D eigenvalue weighted by atomic mass is 10.2. The van der Waals surface area contributed by atoms with Gasteiger partial charge in [-0.25, -0.2) is 0 Å². The van der Waals surface area contributed by atoms with E-state index in [2.05, 4.69) is 10.0 Å². The molecule has 0 aromatic heterocycles. The molecule has 0 unspecified atom stereocenters. The Labute approximate surface area is 53.7 Å². The summed E-state index contributed by atoms with van der Waals surface area (Å²) in [6.07, 6.45) is 2.42. The molecular formula is C5H10N4. The largest absolute Gasteiger partial charge is 0.327 e. The van der Waals surface area contributed by atoms with Gasteiger partial charge in [-0.2, -0.15) is 0 Å². The maximum atomic E-state index is 7.92. The third kappa shape index (κ3) is 1.91. The molecule has 1 aliphatic carbocycles. The monoisotopic (exact) mass is 126 g/mol. The van der Waals surface area contributed by atoms with Crippen LogP contribution in [0.2, 0.25) is 0 Å². The average molecular weight is 126 g/mol. The molecule has 4 heteroatoms. The van der Waals surface area contributed by atoms with Crippen molar-refractivity contribution in [3.8, 4) is 0 Å². The van der Waals surface area contributed by atoms with E-state index in [1.807, 2.05) is 0 Å². The molecule has 1 rings (SSSR count). The van der Waals surface area contributed by atoms with E-state index in [1.165, 1.54) is 12.8 Å². The van der Waals surface area contributed by atoms with Crippen molar-refractivity contribution in [1.29, 1.82) is 0 Å². The van der Waals surface area contributed by atoms with Crippen molar-refractivity contribution in [2.75, 3.05) is 6.54 Å². The summed E-state index contributed by atoms with van der Waals surface area (Å²) in [5.74, 6) is 0.635. The molecule has 1 atom stereocenters. The van der Waals surface area contributed by atoms with Gasteiger partial charge < -0.3 is 5.73 Å². The second kappa shape index (κ2) is 2.71. The smallest absolute Gasteiger partial charge is 0.0412 e. The summed E-state index contributed by atoms with van der Waals surface area (Å²) in [5, 5.41) is 3.39. The van der Waals surface area contributed by atoms with Crippen LogP contribution in [-0.4, -0.2) is 12.6 Å². The van der Waals surface area contributed by atoms with Gasteiger partial charge in [0.1, 0.15) is 0 Å². The highest BCUT2D eigenvalue weighted by molar-refractivity contribution is 4.85.